The van der Waals surface area contributed by atoms with Crippen molar-refractivity contribution in [1.82, 2.24) is 15.0 Å². The van der Waals surface area contributed by atoms with Crippen molar-refractivity contribution in [2.75, 3.05) is 6.54 Å². The summed E-state index contributed by atoms with van der Waals surface area (Å²) < 4.78 is 52.3. The minimum Gasteiger partial charge on any atom is -0.329 e. The van der Waals surface area contributed by atoms with E-state index in [-0.39, 0.29) is 11.3 Å². The fraction of sp³-hybridized carbons (Fsp3) is 0.273. The first-order valence-electron chi connectivity index (χ1n) is 5.38. The molecular formula is C11H10F4N4. The molecule has 102 valence electrons. The summed E-state index contributed by atoms with van der Waals surface area (Å²) in [5.74, 6) is -0.974. The minimum absolute atomic E-state index is 0.0237. The second-order valence-corrected chi connectivity index (χ2v) is 3.88. The molecule has 0 saturated carbocycles. The third-order valence-electron chi connectivity index (χ3n) is 2.42. The second-order valence-electron chi connectivity index (χ2n) is 3.88. The lowest BCUT2D eigenvalue weighted by molar-refractivity contribution is -0.137. The van der Waals surface area contributed by atoms with E-state index in [1.54, 1.807) is 0 Å². The van der Waals surface area contributed by atoms with Gasteiger partial charge in [0.1, 0.15) is 11.5 Å². The van der Waals surface area contributed by atoms with Gasteiger partial charge in [-0.05, 0) is 18.2 Å². The number of rotatable bonds is 3. The summed E-state index contributed by atoms with van der Waals surface area (Å²) in [6, 6.07) is 2.25. The summed E-state index contributed by atoms with van der Waals surface area (Å²) in [6.07, 6.45) is -3.19. The number of hydrogen-bond acceptors (Lipinski definition) is 3. The monoisotopic (exact) mass is 274 g/mol. The van der Waals surface area contributed by atoms with E-state index in [1.165, 1.54) is 10.9 Å². The van der Waals surface area contributed by atoms with Gasteiger partial charge in [-0.25, -0.2) is 4.39 Å². The SMILES string of the molecule is NCCn1cc(-c2cc(F)cc(C(F)(F)F)c2)nn1. The molecule has 0 atom stereocenters. The Bertz CT molecular complexity index is 576. The van der Waals surface area contributed by atoms with E-state index in [9.17, 15) is 17.6 Å². The summed E-state index contributed by atoms with van der Waals surface area (Å²) in [5.41, 5.74) is 4.45. The topological polar surface area (TPSA) is 56.7 Å². The molecule has 0 aliphatic heterocycles. The van der Waals surface area contributed by atoms with E-state index in [2.05, 4.69) is 10.3 Å². The molecule has 8 heteroatoms. The molecule has 0 unspecified atom stereocenters. The van der Waals surface area contributed by atoms with Crippen LogP contribution < -0.4 is 5.73 Å². The fourth-order valence-corrected chi connectivity index (χ4v) is 1.57. The zero-order valence-corrected chi connectivity index (χ0v) is 9.65. The van der Waals surface area contributed by atoms with Crippen LogP contribution in [-0.2, 0) is 12.7 Å². The van der Waals surface area contributed by atoms with E-state index in [0.29, 0.717) is 19.2 Å². The molecule has 0 saturated heterocycles. The van der Waals surface area contributed by atoms with Crippen LogP contribution in [0.3, 0.4) is 0 Å². The van der Waals surface area contributed by atoms with Crippen LogP contribution in [0.4, 0.5) is 17.6 Å². The van der Waals surface area contributed by atoms with Crippen molar-refractivity contribution in [1.29, 1.82) is 0 Å². The summed E-state index contributed by atoms with van der Waals surface area (Å²) in [4.78, 5) is 0. The van der Waals surface area contributed by atoms with Gasteiger partial charge in [-0.2, -0.15) is 13.2 Å². The molecule has 2 N–H and O–H groups in total. The van der Waals surface area contributed by atoms with Crippen molar-refractivity contribution in [2.45, 2.75) is 12.7 Å². The maximum Gasteiger partial charge on any atom is 0.416 e. The smallest absolute Gasteiger partial charge is 0.329 e. The average Bonchev–Trinajstić information content (AvgIpc) is 2.76. The first-order chi connectivity index (χ1) is 8.90. The summed E-state index contributed by atoms with van der Waals surface area (Å²) in [6.45, 7) is 0.703. The van der Waals surface area contributed by atoms with Crippen molar-refractivity contribution in [3.63, 3.8) is 0 Å². The van der Waals surface area contributed by atoms with Gasteiger partial charge in [0.15, 0.2) is 0 Å². The van der Waals surface area contributed by atoms with Gasteiger partial charge in [-0.1, -0.05) is 5.21 Å². The molecule has 0 bridgehead atoms. The lowest BCUT2D eigenvalue weighted by atomic mass is 10.1. The van der Waals surface area contributed by atoms with Gasteiger partial charge >= 0.3 is 6.18 Å². The Hall–Kier alpha value is -1.96. The molecule has 0 aliphatic carbocycles. The molecule has 19 heavy (non-hydrogen) atoms. The predicted octanol–water partition coefficient (Wildman–Crippen LogP) is 2.06. The number of nitrogens with two attached hydrogens (primary N) is 1. The van der Waals surface area contributed by atoms with Crippen LogP contribution in [0.2, 0.25) is 0 Å². The predicted molar refractivity (Wildman–Crippen MR) is 59.5 cm³/mol. The second kappa shape index (κ2) is 4.96. The molecule has 1 heterocycles. The van der Waals surface area contributed by atoms with Gasteiger partial charge in [0.05, 0.1) is 18.3 Å². The van der Waals surface area contributed by atoms with Gasteiger partial charge in [-0.3, -0.25) is 4.68 Å². The molecule has 0 spiro atoms. The summed E-state index contributed by atoms with van der Waals surface area (Å²) in [5, 5.41) is 7.38. The van der Waals surface area contributed by atoms with Crippen LogP contribution >= 0.6 is 0 Å². The molecule has 0 radical (unpaired) electrons. The van der Waals surface area contributed by atoms with E-state index in [4.69, 9.17) is 5.73 Å². The van der Waals surface area contributed by atoms with E-state index in [1.807, 2.05) is 0 Å². The highest BCUT2D eigenvalue weighted by Crippen LogP contribution is 2.32. The minimum atomic E-state index is -4.61. The first kappa shape index (κ1) is 13.5. The standard InChI is InChI=1S/C11H10F4N4/c12-9-4-7(3-8(5-9)11(13,14)15)10-6-19(2-1-16)18-17-10/h3-6H,1-2,16H2. The fourth-order valence-electron chi connectivity index (χ4n) is 1.57. The number of benzene rings is 1. The first-order valence-corrected chi connectivity index (χ1v) is 5.38. The van der Waals surface area contributed by atoms with Crippen molar-refractivity contribution in [3.8, 4) is 11.3 Å². The third kappa shape index (κ3) is 3.08. The van der Waals surface area contributed by atoms with Crippen LogP contribution in [0.15, 0.2) is 24.4 Å². The van der Waals surface area contributed by atoms with E-state index >= 15 is 0 Å². The quantitative estimate of drug-likeness (QED) is 0.872. The average molecular weight is 274 g/mol. The molecule has 1 aromatic heterocycles. The van der Waals surface area contributed by atoms with Crippen LogP contribution in [0.25, 0.3) is 11.3 Å². The lowest BCUT2D eigenvalue weighted by Gasteiger charge is -2.07. The molecule has 2 rings (SSSR count). The van der Waals surface area contributed by atoms with Crippen molar-refractivity contribution in [3.05, 3.63) is 35.8 Å². The Balaban J connectivity index is 2.41. The molecule has 0 amide bonds. The lowest BCUT2D eigenvalue weighted by Crippen LogP contribution is -2.10. The maximum atomic E-state index is 13.2. The highest BCUT2D eigenvalue weighted by molar-refractivity contribution is 5.59. The maximum absolute atomic E-state index is 13.2. The Morgan fingerprint density at radius 3 is 2.58 bits per heavy atom. The van der Waals surface area contributed by atoms with Gasteiger partial charge < -0.3 is 5.73 Å². The molecule has 2 aromatic rings. The van der Waals surface area contributed by atoms with Crippen LogP contribution in [0.1, 0.15) is 5.56 Å². The Morgan fingerprint density at radius 1 is 1.21 bits per heavy atom. The van der Waals surface area contributed by atoms with Gasteiger partial charge in [0, 0.05) is 12.1 Å². The Kier molecular flexibility index (Phi) is 3.52. The normalized spacial score (nSPS) is 11.8. The molecule has 1 aromatic carbocycles. The van der Waals surface area contributed by atoms with Crippen molar-refractivity contribution >= 4 is 0 Å². The number of hydrogen-bond donors (Lipinski definition) is 1. The highest BCUT2D eigenvalue weighted by atomic mass is 19.4. The molecule has 0 fully saturated rings. The van der Waals surface area contributed by atoms with E-state index < -0.39 is 17.6 Å². The van der Waals surface area contributed by atoms with Crippen molar-refractivity contribution < 1.29 is 17.6 Å². The van der Waals surface area contributed by atoms with E-state index in [0.717, 1.165) is 12.1 Å². The Labute approximate surface area is 105 Å². The largest absolute Gasteiger partial charge is 0.416 e. The number of alkyl halides is 3. The van der Waals surface area contributed by atoms with Gasteiger partial charge in [0.25, 0.3) is 0 Å². The van der Waals surface area contributed by atoms with Crippen LogP contribution in [0.5, 0.6) is 0 Å². The Morgan fingerprint density at radius 2 is 1.95 bits per heavy atom. The third-order valence-corrected chi connectivity index (χ3v) is 2.42. The van der Waals surface area contributed by atoms with Gasteiger partial charge in [-0.15, -0.1) is 5.10 Å². The highest BCUT2D eigenvalue weighted by Gasteiger charge is 2.31. The number of aromatic nitrogens is 3. The van der Waals surface area contributed by atoms with Crippen molar-refractivity contribution in [2.24, 2.45) is 5.73 Å². The zero-order chi connectivity index (χ0) is 14.0. The van der Waals surface area contributed by atoms with Gasteiger partial charge in [0.2, 0.25) is 0 Å². The summed E-state index contributed by atoms with van der Waals surface area (Å²) >= 11 is 0. The number of halogens is 4. The zero-order valence-electron chi connectivity index (χ0n) is 9.65. The molecule has 0 aliphatic rings. The summed E-state index contributed by atoms with van der Waals surface area (Å²) in [7, 11) is 0. The molecule has 4 nitrogen and oxygen atoms in total. The van der Waals surface area contributed by atoms with Crippen LogP contribution in [0, 0.1) is 5.82 Å². The number of nitrogens with zero attached hydrogens (tertiary/aromatic N) is 3. The van der Waals surface area contributed by atoms with Crippen LogP contribution in [-0.4, -0.2) is 21.5 Å². The molecular weight excluding hydrogens is 264 g/mol.